The first kappa shape index (κ1) is 31.0. The Morgan fingerprint density at radius 3 is 1.94 bits per heavy atom. The molecular formula is C38H34N4O5. The third-order valence-corrected chi connectivity index (χ3v) is 8.47. The quantitative estimate of drug-likeness (QED) is 0.105. The number of nitro benzene ring substituents is 1. The summed E-state index contributed by atoms with van der Waals surface area (Å²) in [5.41, 5.74) is 3.50. The van der Waals surface area contributed by atoms with E-state index < -0.39 is 16.5 Å². The van der Waals surface area contributed by atoms with Crippen LogP contribution in [0.2, 0.25) is 0 Å². The topological polar surface area (TPSA) is 114 Å². The van der Waals surface area contributed by atoms with Crippen molar-refractivity contribution >= 4 is 23.2 Å². The number of hydrogen-bond donors (Lipinski definition) is 2. The van der Waals surface area contributed by atoms with Gasteiger partial charge in [-0.15, -0.1) is 0 Å². The average molecular weight is 627 g/mol. The number of benzene rings is 5. The molecule has 1 atom stereocenters. The van der Waals surface area contributed by atoms with Gasteiger partial charge in [-0.3, -0.25) is 19.7 Å². The summed E-state index contributed by atoms with van der Waals surface area (Å²) in [5.74, 6) is 0.0496. The first-order chi connectivity index (χ1) is 22.9. The second-order valence-electron chi connectivity index (χ2n) is 11.4. The van der Waals surface area contributed by atoms with E-state index in [1.54, 1.807) is 18.1 Å². The molecule has 0 aromatic heterocycles. The lowest BCUT2D eigenvalue weighted by Gasteiger charge is -2.37. The van der Waals surface area contributed by atoms with Gasteiger partial charge in [0, 0.05) is 36.5 Å². The molecule has 2 amide bonds. The Morgan fingerprint density at radius 2 is 1.43 bits per heavy atom. The van der Waals surface area contributed by atoms with Crippen molar-refractivity contribution in [1.29, 1.82) is 0 Å². The number of carbonyl (C=O) groups excluding carboxylic acids is 2. The monoisotopic (exact) mass is 626 g/mol. The number of non-ortho nitro benzene ring substituents is 1. The largest absolute Gasteiger partial charge is 0.497 e. The Bertz CT molecular complexity index is 1770. The van der Waals surface area contributed by atoms with Gasteiger partial charge >= 0.3 is 0 Å². The highest BCUT2D eigenvalue weighted by Gasteiger charge is 2.39. The fraction of sp³-hybridized carbons (Fsp3) is 0.158. The minimum absolute atomic E-state index is 0.0723. The van der Waals surface area contributed by atoms with E-state index in [9.17, 15) is 19.7 Å². The number of nitrogens with one attached hydrogen (secondary N) is 2. The van der Waals surface area contributed by atoms with E-state index in [0.717, 1.165) is 22.3 Å². The van der Waals surface area contributed by atoms with Crippen molar-refractivity contribution in [2.45, 2.75) is 31.1 Å². The van der Waals surface area contributed by atoms with E-state index in [1.807, 2.05) is 115 Å². The lowest BCUT2D eigenvalue weighted by atomic mass is 9.77. The van der Waals surface area contributed by atoms with Crippen LogP contribution < -0.4 is 15.4 Å². The van der Waals surface area contributed by atoms with Crippen molar-refractivity contribution in [3.63, 3.8) is 0 Å². The van der Waals surface area contributed by atoms with Gasteiger partial charge in [-0.05, 0) is 40.5 Å². The van der Waals surface area contributed by atoms with Crippen molar-refractivity contribution in [3.05, 3.63) is 171 Å². The highest BCUT2D eigenvalue weighted by atomic mass is 16.6. The molecule has 236 valence electrons. The summed E-state index contributed by atoms with van der Waals surface area (Å²) in [7, 11) is 1.58. The molecule has 0 fully saturated rings. The van der Waals surface area contributed by atoms with Gasteiger partial charge in [0.2, 0.25) is 11.8 Å². The van der Waals surface area contributed by atoms with E-state index in [1.165, 1.54) is 12.1 Å². The molecular weight excluding hydrogens is 592 g/mol. The Balaban J connectivity index is 1.37. The van der Waals surface area contributed by atoms with Crippen LogP contribution in [0.25, 0.3) is 0 Å². The van der Waals surface area contributed by atoms with Gasteiger partial charge in [0.1, 0.15) is 17.3 Å². The van der Waals surface area contributed by atoms with Crippen LogP contribution in [0.1, 0.15) is 34.2 Å². The van der Waals surface area contributed by atoms with Crippen LogP contribution in [-0.2, 0) is 28.2 Å². The lowest BCUT2D eigenvalue weighted by molar-refractivity contribution is -0.384. The number of hydrogen-bond acceptors (Lipinski definition) is 6. The number of methoxy groups -OCH3 is 1. The zero-order valence-electron chi connectivity index (χ0n) is 25.8. The summed E-state index contributed by atoms with van der Waals surface area (Å²) in [6, 6.07) is 40.2. The van der Waals surface area contributed by atoms with Crippen LogP contribution in [0.5, 0.6) is 5.75 Å². The van der Waals surface area contributed by atoms with Crippen molar-refractivity contribution in [3.8, 4) is 5.75 Å². The maximum atomic E-state index is 14.3. The number of carbonyl (C=O) groups is 2. The molecule has 9 nitrogen and oxygen atoms in total. The predicted octanol–water partition coefficient (Wildman–Crippen LogP) is 6.42. The molecule has 2 N–H and O–H groups in total. The fourth-order valence-electron chi connectivity index (χ4n) is 6.17. The van der Waals surface area contributed by atoms with Crippen LogP contribution >= 0.6 is 0 Å². The van der Waals surface area contributed by atoms with Crippen molar-refractivity contribution in [1.82, 2.24) is 10.2 Å². The van der Waals surface area contributed by atoms with Crippen LogP contribution in [0, 0.1) is 10.1 Å². The van der Waals surface area contributed by atoms with Gasteiger partial charge in [-0.25, -0.2) is 0 Å². The highest BCUT2D eigenvalue weighted by Crippen LogP contribution is 2.37. The Morgan fingerprint density at radius 1 is 0.872 bits per heavy atom. The first-order valence-electron chi connectivity index (χ1n) is 15.3. The Hall–Kier alpha value is -5.96. The molecule has 0 aliphatic carbocycles. The van der Waals surface area contributed by atoms with E-state index >= 15 is 0 Å². The summed E-state index contributed by atoms with van der Waals surface area (Å²) < 4.78 is 5.28. The SMILES string of the molecule is COc1ccc(CN2Cc3cc([N+](=O)[O-])ccc3N[C@@H](CC(=O)NC(c3ccccc3)(c3ccccc3)c3ccccc3)C2=O)cc1. The molecule has 9 heteroatoms. The number of anilines is 1. The predicted molar refractivity (Wildman–Crippen MR) is 180 cm³/mol. The fourth-order valence-corrected chi connectivity index (χ4v) is 6.17. The van der Waals surface area contributed by atoms with E-state index in [-0.39, 0.29) is 37.0 Å². The smallest absolute Gasteiger partial charge is 0.269 e. The molecule has 1 aliphatic rings. The number of ether oxygens (including phenoxy) is 1. The molecule has 1 aliphatic heterocycles. The molecule has 6 rings (SSSR count). The summed E-state index contributed by atoms with van der Waals surface area (Å²) >= 11 is 0. The number of fused-ring (bicyclic) bond motifs is 1. The Kier molecular flexibility index (Phi) is 8.97. The Labute approximate surface area is 273 Å². The zero-order valence-corrected chi connectivity index (χ0v) is 25.8. The second kappa shape index (κ2) is 13.6. The molecule has 0 saturated carbocycles. The minimum Gasteiger partial charge on any atom is -0.497 e. The van der Waals surface area contributed by atoms with Gasteiger partial charge in [0.05, 0.1) is 18.5 Å². The normalized spacial score (nSPS) is 14.4. The standard InChI is InChI=1S/C38H34N4O5/c1-47-33-20-17-27(18-21-33)25-41-26-28-23-32(42(45)46)19-22-34(28)39-35(37(41)44)24-36(43)40-38(29-11-5-2-6-12-29,30-13-7-3-8-14-30)31-15-9-4-10-16-31/h2-23,35,39H,24-26H2,1H3,(H,40,43)/t35-/m0/s1. The summed E-state index contributed by atoms with van der Waals surface area (Å²) in [5, 5.41) is 18.2. The van der Waals surface area contributed by atoms with Crippen molar-refractivity contribution in [2.75, 3.05) is 12.4 Å². The van der Waals surface area contributed by atoms with Gasteiger partial charge in [-0.2, -0.15) is 0 Å². The van der Waals surface area contributed by atoms with Crippen molar-refractivity contribution in [2.24, 2.45) is 0 Å². The molecule has 47 heavy (non-hydrogen) atoms. The number of nitrogens with zero attached hydrogens (tertiary/aromatic N) is 2. The van der Waals surface area contributed by atoms with Crippen LogP contribution in [0.4, 0.5) is 11.4 Å². The first-order valence-corrected chi connectivity index (χ1v) is 15.3. The summed E-state index contributed by atoms with van der Waals surface area (Å²) in [6.07, 6.45) is -0.178. The number of amides is 2. The maximum Gasteiger partial charge on any atom is 0.269 e. The van der Waals surface area contributed by atoms with E-state index in [2.05, 4.69) is 10.6 Å². The summed E-state index contributed by atoms with van der Waals surface area (Å²) in [6.45, 7) is 0.377. The molecule has 0 radical (unpaired) electrons. The number of nitro groups is 1. The van der Waals surface area contributed by atoms with Crippen LogP contribution in [0.3, 0.4) is 0 Å². The lowest BCUT2D eigenvalue weighted by Crippen LogP contribution is -2.50. The molecule has 5 aromatic rings. The molecule has 5 aromatic carbocycles. The molecule has 1 heterocycles. The third kappa shape index (κ3) is 6.55. The third-order valence-electron chi connectivity index (χ3n) is 8.47. The van der Waals surface area contributed by atoms with Gasteiger partial charge in [-0.1, -0.05) is 103 Å². The van der Waals surface area contributed by atoms with Gasteiger partial charge < -0.3 is 20.3 Å². The number of rotatable bonds is 10. The van der Waals surface area contributed by atoms with Crippen molar-refractivity contribution < 1.29 is 19.2 Å². The van der Waals surface area contributed by atoms with E-state index in [4.69, 9.17) is 4.74 Å². The van der Waals surface area contributed by atoms with Crippen LogP contribution in [0.15, 0.2) is 133 Å². The average Bonchev–Trinajstić information content (AvgIpc) is 3.23. The maximum absolute atomic E-state index is 14.3. The second-order valence-corrected chi connectivity index (χ2v) is 11.4. The molecule has 0 saturated heterocycles. The van der Waals surface area contributed by atoms with Gasteiger partial charge in [0.15, 0.2) is 0 Å². The van der Waals surface area contributed by atoms with Crippen LogP contribution in [-0.4, -0.2) is 34.8 Å². The molecule has 0 spiro atoms. The zero-order chi connectivity index (χ0) is 32.8. The minimum atomic E-state index is -1.05. The summed E-state index contributed by atoms with van der Waals surface area (Å²) in [4.78, 5) is 41.2. The van der Waals surface area contributed by atoms with Gasteiger partial charge in [0.25, 0.3) is 5.69 Å². The molecule has 0 unspecified atom stereocenters. The highest BCUT2D eigenvalue weighted by molar-refractivity contribution is 5.92. The van der Waals surface area contributed by atoms with E-state index in [0.29, 0.717) is 17.0 Å². The molecule has 0 bridgehead atoms.